The predicted molar refractivity (Wildman–Crippen MR) is 136 cm³/mol. The molecule has 0 aromatic carbocycles. The summed E-state index contributed by atoms with van der Waals surface area (Å²) in [6, 6.07) is -0.0905. The monoisotopic (exact) mass is 507 g/mol. The molecule has 0 bridgehead atoms. The second-order valence-electron chi connectivity index (χ2n) is 11.0. The first-order valence-corrected chi connectivity index (χ1v) is 14.2. The van der Waals surface area contributed by atoms with Gasteiger partial charge in [0.2, 0.25) is 5.91 Å². The van der Waals surface area contributed by atoms with Gasteiger partial charge in [0.1, 0.15) is 5.41 Å². The lowest BCUT2D eigenvalue weighted by atomic mass is 9.54. The van der Waals surface area contributed by atoms with Gasteiger partial charge >= 0.3 is 5.97 Å². The van der Waals surface area contributed by atoms with Crippen LogP contribution in [0, 0.1) is 29.1 Å². The van der Waals surface area contributed by atoms with Gasteiger partial charge in [-0.05, 0) is 51.9 Å². The van der Waals surface area contributed by atoms with Crippen molar-refractivity contribution in [1.29, 1.82) is 0 Å². The molecule has 1 fully saturated rings. The zero-order valence-corrected chi connectivity index (χ0v) is 22.7. The molecule has 7 nitrogen and oxygen atoms in total. The third kappa shape index (κ3) is 5.33. The van der Waals surface area contributed by atoms with E-state index in [9.17, 15) is 23.7 Å². The number of ether oxygens (including phenoxy) is 1. The number of aliphatic hydroxyl groups is 1. The van der Waals surface area contributed by atoms with Crippen LogP contribution in [0.3, 0.4) is 0 Å². The molecule has 8 heteroatoms. The Kier molecular flexibility index (Phi) is 8.79. The quantitative estimate of drug-likeness (QED) is 0.311. The van der Waals surface area contributed by atoms with E-state index in [4.69, 9.17) is 4.74 Å². The third-order valence-corrected chi connectivity index (χ3v) is 9.83. The minimum atomic E-state index is -1.65. The molecule has 1 saturated heterocycles. The molecular weight excluding hydrogens is 466 g/mol. The number of nitrogens with one attached hydrogen (secondary N) is 1. The fraction of sp³-hybridized carbons (Fsp3) is 0.741. The first-order chi connectivity index (χ1) is 16.4. The van der Waals surface area contributed by atoms with Crippen molar-refractivity contribution in [1.82, 2.24) is 5.32 Å². The summed E-state index contributed by atoms with van der Waals surface area (Å²) in [5, 5.41) is 12.8. The van der Waals surface area contributed by atoms with Crippen LogP contribution in [0.15, 0.2) is 23.3 Å². The van der Waals surface area contributed by atoms with Crippen LogP contribution in [-0.2, 0) is 29.9 Å². The maximum absolute atomic E-state index is 14.2. The molecule has 3 aliphatic rings. The van der Waals surface area contributed by atoms with E-state index >= 15 is 0 Å². The van der Waals surface area contributed by atoms with Crippen LogP contribution in [-0.4, -0.2) is 56.7 Å². The van der Waals surface area contributed by atoms with Gasteiger partial charge in [-0.15, -0.1) is 0 Å². The SMILES string of the molecule is CCOC(=O)C(O)CS(=O)[C@H]1C/C=C(/C)C[C@H]2C=C(C)[C@@H](C)[C@H]3[C@H](CC(C)C)NC(=O)[C@]32C(=O)C1. The van der Waals surface area contributed by atoms with Crippen LogP contribution in [0.1, 0.15) is 67.2 Å². The highest BCUT2D eigenvalue weighted by atomic mass is 32.2. The third-order valence-electron chi connectivity index (χ3n) is 8.08. The molecule has 3 rings (SSSR count). The van der Waals surface area contributed by atoms with Crippen LogP contribution >= 0.6 is 0 Å². The lowest BCUT2D eigenvalue weighted by Gasteiger charge is -2.46. The molecule has 1 amide bonds. The average Bonchev–Trinajstić information content (AvgIpc) is 3.08. The molecule has 0 saturated carbocycles. The summed E-state index contributed by atoms with van der Waals surface area (Å²) >= 11 is 0. The number of amides is 1. The number of carbonyl (C=O) groups excluding carboxylic acids is 3. The van der Waals surface area contributed by atoms with Gasteiger partial charge in [-0.1, -0.05) is 44.1 Å². The van der Waals surface area contributed by atoms with Gasteiger partial charge in [0, 0.05) is 40.3 Å². The molecule has 1 spiro atoms. The maximum Gasteiger partial charge on any atom is 0.335 e. The predicted octanol–water partition coefficient (Wildman–Crippen LogP) is 3.09. The Morgan fingerprint density at radius 3 is 2.60 bits per heavy atom. The lowest BCUT2D eigenvalue weighted by Crippen LogP contribution is -2.53. The molecule has 0 radical (unpaired) electrons. The van der Waals surface area contributed by atoms with Crippen molar-refractivity contribution >= 4 is 28.5 Å². The topological polar surface area (TPSA) is 110 Å². The second kappa shape index (κ2) is 11.1. The largest absolute Gasteiger partial charge is 0.464 e. The van der Waals surface area contributed by atoms with Crippen LogP contribution in [0.4, 0.5) is 0 Å². The van der Waals surface area contributed by atoms with Gasteiger partial charge in [0.05, 0.1) is 12.4 Å². The van der Waals surface area contributed by atoms with Crippen molar-refractivity contribution in [2.45, 2.75) is 84.6 Å². The molecule has 0 aromatic heterocycles. The van der Waals surface area contributed by atoms with Crippen LogP contribution in [0.5, 0.6) is 0 Å². The van der Waals surface area contributed by atoms with Crippen molar-refractivity contribution in [2.75, 3.05) is 12.4 Å². The summed E-state index contributed by atoms with van der Waals surface area (Å²) < 4.78 is 18.1. The number of esters is 1. The first-order valence-electron chi connectivity index (χ1n) is 12.8. The molecule has 2 unspecified atom stereocenters. The van der Waals surface area contributed by atoms with Crippen molar-refractivity contribution in [3.63, 3.8) is 0 Å². The first kappa shape index (κ1) is 27.8. The Labute approximate surface area is 211 Å². The number of ketones is 1. The van der Waals surface area contributed by atoms with Gasteiger partial charge in [-0.3, -0.25) is 13.8 Å². The van der Waals surface area contributed by atoms with E-state index in [1.165, 1.54) is 5.57 Å². The van der Waals surface area contributed by atoms with E-state index in [-0.39, 0.29) is 54.3 Å². The zero-order chi connectivity index (χ0) is 26.1. The number of allylic oxidation sites excluding steroid dienone is 4. The summed E-state index contributed by atoms with van der Waals surface area (Å²) in [5.41, 5.74) is 1.06. The zero-order valence-electron chi connectivity index (χ0n) is 21.8. The summed E-state index contributed by atoms with van der Waals surface area (Å²) in [7, 11) is -1.65. The van der Waals surface area contributed by atoms with Crippen LogP contribution in [0.25, 0.3) is 0 Å². The van der Waals surface area contributed by atoms with Gasteiger partial charge < -0.3 is 15.2 Å². The summed E-state index contributed by atoms with van der Waals surface area (Å²) in [6.45, 7) is 12.2. The van der Waals surface area contributed by atoms with Crippen LogP contribution in [0.2, 0.25) is 0 Å². The summed E-state index contributed by atoms with van der Waals surface area (Å²) in [5.74, 6) is -1.45. The highest BCUT2D eigenvalue weighted by Gasteiger charge is 2.65. The van der Waals surface area contributed by atoms with Gasteiger partial charge in [-0.2, -0.15) is 0 Å². The van der Waals surface area contributed by atoms with Crippen molar-refractivity contribution < 1.29 is 28.4 Å². The molecule has 8 atom stereocenters. The van der Waals surface area contributed by atoms with Gasteiger partial charge in [-0.25, -0.2) is 4.79 Å². The smallest absolute Gasteiger partial charge is 0.335 e. The maximum atomic E-state index is 14.2. The van der Waals surface area contributed by atoms with E-state index in [1.54, 1.807) is 6.92 Å². The Balaban J connectivity index is 2.00. The van der Waals surface area contributed by atoms with E-state index in [2.05, 4.69) is 39.1 Å². The minimum Gasteiger partial charge on any atom is -0.464 e. The summed E-state index contributed by atoms with van der Waals surface area (Å²) in [6.07, 6.45) is 4.37. The fourth-order valence-corrected chi connectivity index (χ4v) is 7.73. The average molecular weight is 508 g/mol. The highest BCUT2D eigenvalue weighted by Crippen LogP contribution is 2.56. The molecule has 1 aliphatic heterocycles. The van der Waals surface area contributed by atoms with Crippen LogP contribution < -0.4 is 5.32 Å². The molecular formula is C27H41NO6S. The second-order valence-corrected chi connectivity index (χ2v) is 12.7. The molecule has 35 heavy (non-hydrogen) atoms. The fourth-order valence-electron chi connectivity index (χ4n) is 6.36. The summed E-state index contributed by atoms with van der Waals surface area (Å²) in [4.78, 5) is 39.8. The van der Waals surface area contributed by atoms with Gasteiger partial charge in [0.25, 0.3) is 0 Å². The Bertz CT molecular complexity index is 940. The highest BCUT2D eigenvalue weighted by molar-refractivity contribution is 7.85. The van der Waals surface area contributed by atoms with Crippen molar-refractivity contribution in [3.05, 3.63) is 23.3 Å². The van der Waals surface area contributed by atoms with E-state index in [1.807, 2.05) is 13.0 Å². The number of hydrogen-bond donors (Lipinski definition) is 2. The number of hydrogen-bond acceptors (Lipinski definition) is 6. The molecule has 1 heterocycles. The molecule has 2 aliphatic carbocycles. The van der Waals surface area contributed by atoms with E-state index in [0.29, 0.717) is 18.8 Å². The number of Topliss-reactive ketones (excluding diaryl/α,β-unsaturated/α-hetero) is 1. The number of rotatable bonds is 7. The Morgan fingerprint density at radius 1 is 1.29 bits per heavy atom. The van der Waals surface area contributed by atoms with Gasteiger partial charge in [0.15, 0.2) is 11.9 Å². The lowest BCUT2D eigenvalue weighted by molar-refractivity contribution is -0.151. The molecule has 0 aromatic rings. The normalized spacial score (nSPS) is 36.4. The van der Waals surface area contributed by atoms with E-state index in [0.717, 1.165) is 12.0 Å². The molecule has 196 valence electrons. The van der Waals surface area contributed by atoms with Crippen molar-refractivity contribution in [2.24, 2.45) is 29.1 Å². The number of carbonyl (C=O) groups is 3. The Hall–Kier alpha value is -1.80. The number of aliphatic hydroxyl groups excluding tert-OH is 1. The van der Waals surface area contributed by atoms with E-state index < -0.39 is 33.5 Å². The minimum absolute atomic E-state index is 0.0274. The Morgan fingerprint density at radius 2 is 1.97 bits per heavy atom. The van der Waals surface area contributed by atoms with Crippen molar-refractivity contribution in [3.8, 4) is 0 Å². The standard InChI is InChI=1S/C27H41NO6S/c1-7-34-25(31)22(29)14-35(33)20-9-8-16(4)11-19-12-17(5)18(6)24-21(10-15(2)3)28-26(32)27(19,24)23(30)13-20/h8,12,15,18-22,24,29H,7,9-11,13-14H2,1-6H3,(H,28,32)/b16-8-/t18-,19+,20+,21+,22?,24+,27-,35?/m1/s1. The molecule has 2 N–H and O–H groups in total.